The number of aromatic nitrogens is 1. The molecule has 0 spiro atoms. The molecule has 2 aromatic carbocycles. The first-order valence-corrected chi connectivity index (χ1v) is 14.1. The van der Waals surface area contributed by atoms with E-state index in [9.17, 15) is 13.2 Å². The number of anilines is 1. The lowest BCUT2D eigenvalue weighted by molar-refractivity contribution is -0.115. The molecule has 3 rings (SSSR count). The molecule has 1 amide bonds. The van der Waals surface area contributed by atoms with Crippen LogP contribution < -0.4 is 5.32 Å². The third kappa shape index (κ3) is 6.73. The largest absolute Gasteiger partial charge is 0.326 e. The minimum atomic E-state index is -3.47. The van der Waals surface area contributed by atoms with E-state index in [0.29, 0.717) is 10.9 Å². The number of thiazole rings is 1. The van der Waals surface area contributed by atoms with Gasteiger partial charge in [0.2, 0.25) is 5.91 Å². The number of nitrogens with one attached hydrogen (secondary N) is 1. The fraction of sp³-hybridized carbons (Fsp3) is 0.333. The van der Waals surface area contributed by atoms with Crippen molar-refractivity contribution in [1.82, 2.24) is 4.98 Å². The number of carbonyl (C=O) groups excluding carboxylic acids is 1. The molecule has 0 unspecified atom stereocenters. The number of carbonyl (C=O) groups is 1. The van der Waals surface area contributed by atoms with Crippen LogP contribution in [0.15, 0.2) is 57.8 Å². The normalized spacial score (nSPS) is 11.8. The molecule has 0 atom stereocenters. The molecule has 160 valence electrons. The van der Waals surface area contributed by atoms with Crippen molar-refractivity contribution in [3.63, 3.8) is 0 Å². The summed E-state index contributed by atoms with van der Waals surface area (Å²) in [5.74, 6) is 1.56. The van der Waals surface area contributed by atoms with E-state index in [1.165, 1.54) is 0 Å². The molecular formula is C21H24N2O3S4. The zero-order valence-electron chi connectivity index (χ0n) is 16.8. The SMILES string of the molecule is CC(C)SCCSc1nc2ccc(NC(=O)CCS(=O)(=O)c3ccccc3)cc2s1. The van der Waals surface area contributed by atoms with Gasteiger partial charge in [-0.05, 0) is 35.6 Å². The molecule has 0 aliphatic heterocycles. The van der Waals surface area contributed by atoms with Crippen LogP contribution >= 0.6 is 34.9 Å². The van der Waals surface area contributed by atoms with Crippen molar-refractivity contribution in [2.75, 3.05) is 22.6 Å². The van der Waals surface area contributed by atoms with Crippen LogP contribution in [0.2, 0.25) is 0 Å². The van der Waals surface area contributed by atoms with Gasteiger partial charge in [0.05, 0.1) is 20.9 Å². The highest BCUT2D eigenvalue weighted by molar-refractivity contribution is 8.04. The monoisotopic (exact) mass is 480 g/mol. The molecule has 9 heteroatoms. The van der Waals surface area contributed by atoms with Crippen molar-refractivity contribution in [2.24, 2.45) is 0 Å². The number of rotatable bonds is 10. The lowest BCUT2D eigenvalue weighted by Crippen LogP contribution is -2.17. The lowest BCUT2D eigenvalue weighted by Gasteiger charge is -2.06. The molecular weight excluding hydrogens is 457 g/mol. The molecule has 5 nitrogen and oxygen atoms in total. The summed E-state index contributed by atoms with van der Waals surface area (Å²) in [4.78, 5) is 17.1. The van der Waals surface area contributed by atoms with Gasteiger partial charge in [0.25, 0.3) is 0 Å². The number of thioether (sulfide) groups is 2. The Kier molecular flexibility index (Phi) is 8.21. The molecule has 0 saturated heterocycles. The van der Waals surface area contributed by atoms with Crippen LogP contribution in [-0.4, -0.2) is 41.8 Å². The summed E-state index contributed by atoms with van der Waals surface area (Å²) in [7, 11) is -3.47. The number of benzene rings is 2. The molecule has 0 bridgehead atoms. The summed E-state index contributed by atoms with van der Waals surface area (Å²) in [5, 5.41) is 3.43. The average Bonchev–Trinajstić information content (AvgIpc) is 3.12. The zero-order valence-corrected chi connectivity index (χ0v) is 20.1. The van der Waals surface area contributed by atoms with Crippen LogP contribution in [0.1, 0.15) is 20.3 Å². The van der Waals surface area contributed by atoms with Crippen LogP contribution in [0.3, 0.4) is 0 Å². The van der Waals surface area contributed by atoms with Gasteiger partial charge in [-0.1, -0.05) is 43.8 Å². The van der Waals surface area contributed by atoms with Crippen molar-refractivity contribution in [1.29, 1.82) is 0 Å². The smallest absolute Gasteiger partial charge is 0.225 e. The molecule has 0 saturated carbocycles. The van der Waals surface area contributed by atoms with Gasteiger partial charge in [-0.3, -0.25) is 4.79 Å². The van der Waals surface area contributed by atoms with Crippen LogP contribution in [0.25, 0.3) is 10.2 Å². The van der Waals surface area contributed by atoms with Crippen molar-refractivity contribution in [2.45, 2.75) is 34.8 Å². The Morgan fingerprint density at radius 2 is 1.90 bits per heavy atom. The summed E-state index contributed by atoms with van der Waals surface area (Å²) >= 11 is 5.29. The number of nitrogens with zero attached hydrogens (tertiary/aromatic N) is 1. The average molecular weight is 481 g/mol. The predicted molar refractivity (Wildman–Crippen MR) is 130 cm³/mol. The minimum Gasteiger partial charge on any atom is -0.326 e. The first-order valence-electron chi connectivity index (χ1n) is 9.56. The van der Waals surface area contributed by atoms with E-state index in [1.807, 2.05) is 23.9 Å². The molecule has 1 heterocycles. The van der Waals surface area contributed by atoms with E-state index in [1.54, 1.807) is 59.5 Å². The second kappa shape index (κ2) is 10.7. The molecule has 0 radical (unpaired) electrons. The quantitative estimate of drug-likeness (QED) is 0.312. The maximum Gasteiger partial charge on any atom is 0.225 e. The highest BCUT2D eigenvalue weighted by atomic mass is 32.2. The van der Waals surface area contributed by atoms with E-state index >= 15 is 0 Å². The van der Waals surface area contributed by atoms with Crippen LogP contribution in [0.4, 0.5) is 5.69 Å². The first kappa shape index (κ1) is 23.1. The molecule has 0 aliphatic carbocycles. The highest BCUT2D eigenvalue weighted by Gasteiger charge is 2.16. The van der Waals surface area contributed by atoms with Crippen LogP contribution in [0, 0.1) is 0 Å². The van der Waals surface area contributed by atoms with Crippen molar-refractivity contribution < 1.29 is 13.2 Å². The Morgan fingerprint density at radius 3 is 2.63 bits per heavy atom. The van der Waals surface area contributed by atoms with Crippen molar-refractivity contribution >= 4 is 66.5 Å². The third-order valence-electron chi connectivity index (χ3n) is 4.11. The second-order valence-corrected chi connectivity index (χ2v) is 13.0. The third-order valence-corrected chi connectivity index (χ3v) is 9.37. The molecule has 1 aromatic heterocycles. The standard InChI is InChI=1S/C21H24N2O3S4/c1-15(2)27-11-12-28-21-23-18-9-8-16(14-19(18)29-21)22-20(24)10-13-30(25,26)17-6-4-3-5-7-17/h3-9,14-15H,10-13H2,1-2H3,(H,22,24). The van der Waals surface area contributed by atoms with E-state index in [2.05, 4.69) is 24.1 Å². The number of sulfone groups is 1. The van der Waals surface area contributed by atoms with E-state index in [-0.39, 0.29) is 23.0 Å². The first-order chi connectivity index (χ1) is 14.3. The number of fused-ring (bicyclic) bond motifs is 1. The lowest BCUT2D eigenvalue weighted by atomic mass is 10.3. The van der Waals surface area contributed by atoms with Crippen molar-refractivity contribution in [3.8, 4) is 0 Å². The van der Waals surface area contributed by atoms with Gasteiger partial charge in [0.1, 0.15) is 0 Å². The van der Waals surface area contributed by atoms with Crippen molar-refractivity contribution in [3.05, 3.63) is 48.5 Å². The van der Waals surface area contributed by atoms with Gasteiger partial charge < -0.3 is 5.32 Å². The Morgan fingerprint density at radius 1 is 1.13 bits per heavy atom. The van der Waals surface area contributed by atoms with Gasteiger partial charge in [-0.15, -0.1) is 11.3 Å². The maximum atomic E-state index is 12.3. The number of hydrogen-bond donors (Lipinski definition) is 1. The second-order valence-electron chi connectivity index (χ2n) is 6.86. The van der Waals surface area contributed by atoms with Crippen LogP contribution in [0.5, 0.6) is 0 Å². The summed E-state index contributed by atoms with van der Waals surface area (Å²) in [6.45, 7) is 4.39. The predicted octanol–water partition coefficient (Wildman–Crippen LogP) is 5.33. The summed E-state index contributed by atoms with van der Waals surface area (Å²) in [6.07, 6.45) is -0.0907. The fourth-order valence-corrected chi connectivity index (χ4v) is 6.93. The number of hydrogen-bond acceptors (Lipinski definition) is 7. The van der Waals surface area contributed by atoms with E-state index < -0.39 is 9.84 Å². The van der Waals surface area contributed by atoms with Gasteiger partial charge in [-0.25, -0.2) is 13.4 Å². The molecule has 0 aliphatic rings. The van der Waals surface area contributed by atoms with Gasteiger partial charge in [0.15, 0.2) is 14.2 Å². The Labute approximate surface area is 190 Å². The minimum absolute atomic E-state index is 0.0907. The van der Waals surface area contributed by atoms with Crippen LogP contribution in [-0.2, 0) is 14.6 Å². The maximum absolute atomic E-state index is 12.3. The Balaban J connectivity index is 1.55. The van der Waals surface area contributed by atoms with Gasteiger partial charge in [0, 0.05) is 23.6 Å². The topological polar surface area (TPSA) is 76.1 Å². The van der Waals surface area contributed by atoms with E-state index in [4.69, 9.17) is 0 Å². The van der Waals surface area contributed by atoms with E-state index in [0.717, 1.165) is 26.1 Å². The Bertz CT molecular complexity index is 1100. The number of amides is 1. The zero-order chi connectivity index (χ0) is 21.6. The summed E-state index contributed by atoms with van der Waals surface area (Å²) in [6, 6.07) is 13.8. The fourth-order valence-electron chi connectivity index (χ4n) is 2.65. The summed E-state index contributed by atoms with van der Waals surface area (Å²) < 4.78 is 26.7. The molecule has 0 fully saturated rings. The Hall–Kier alpha value is -1.55. The van der Waals surface area contributed by atoms with Gasteiger partial charge in [-0.2, -0.15) is 11.8 Å². The molecule has 3 aromatic rings. The molecule has 1 N–H and O–H groups in total. The van der Waals surface area contributed by atoms with Gasteiger partial charge >= 0.3 is 0 Å². The molecule has 30 heavy (non-hydrogen) atoms. The summed E-state index contributed by atoms with van der Waals surface area (Å²) in [5.41, 5.74) is 1.56. The highest BCUT2D eigenvalue weighted by Crippen LogP contribution is 2.31.